The van der Waals surface area contributed by atoms with E-state index in [-0.39, 0.29) is 29.1 Å². The van der Waals surface area contributed by atoms with Crippen LogP contribution in [0.2, 0.25) is 0 Å². The SMILES string of the molecule is O=C1NC2CCCCC2N=C1/C(C(=O)c1ccccc1)=C(/O)c1ccccc1. The number of aliphatic hydroxyl groups excluding tert-OH is 1. The lowest BCUT2D eigenvalue weighted by atomic mass is 9.87. The number of carbonyl (C=O) groups is 2. The van der Waals surface area contributed by atoms with Crippen LogP contribution in [0.4, 0.5) is 0 Å². The molecule has 5 nitrogen and oxygen atoms in total. The molecule has 1 fully saturated rings. The van der Waals surface area contributed by atoms with E-state index in [1.165, 1.54) is 0 Å². The van der Waals surface area contributed by atoms with Crippen molar-refractivity contribution in [2.75, 3.05) is 0 Å². The maximum atomic E-state index is 13.3. The Kier molecular flexibility index (Phi) is 5.06. The third-order valence-corrected chi connectivity index (χ3v) is 5.34. The Morgan fingerprint density at radius 2 is 1.54 bits per heavy atom. The molecule has 1 aliphatic carbocycles. The molecule has 2 aromatic carbocycles. The topological polar surface area (TPSA) is 78.8 Å². The first-order valence-electron chi connectivity index (χ1n) is 9.62. The molecule has 2 aromatic rings. The van der Waals surface area contributed by atoms with Crippen molar-refractivity contribution in [1.82, 2.24) is 5.32 Å². The number of ketones is 1. The van der Waals surface area contributed by atoms with Gasteiger partial charge in [0, 0.05) is 11.1 Å². The number of carbonyl (C=O) groups excluding carboxylic acids is 2. The Morgan fingerprint density at radius 3 is 2.21 bits per heavy atom. The lowest BCUT2D eigenvalue weighted by Crippen LogP contribution is -2.52. The molecular formula is C23H22N2O3. The van der Waals surface area contributed by atoms with Crippen LogP contribution in [0.5, 0.6) is 0 Å². The van der Waals surface area contributed by atoms with Gasteiger partial charge in [0.2, 0.25) is 0 Å². The van der Waals surface area contributed by atoms with E-state index < -0.39 is 11.7 Å². The molecule has 2 atom stereocenters. The molecule has 0 bridgehead atoms. The summed E-state index contributed by atoms with van der Waals surface area (Å²) in [6.07, 6.45) is 3.87. The molecule has 4 rings (SSSR count). The van der Waals surface area contributed by atoms with Crippen molar-refractivity contribution in [3.05, 3.63) is 77.4 Å². The number of rotatable bonds is 4. The maximum absolute atomic E-state index is 13.3. The minimum atomic E-state index is -0.412. The number of amides is 1. The van der Waals surface area contributed by atoms with E-state index in [0.717, 1.165) is 25.7 Å². The van der Waals surface area contributed by atoms with Gasteiger partial charge in [0.25, 0.3) is 5.91 Å². The summed E-state index contributed by atoms with van der Waals surface area (Å²) >= 11 is 0. The third-order valence-electron chi connectivity index (χ3n) is 5.34. The van der Waals surface area contributed by atoms with Gasteiger partial charge in [-0.2, -0.15) is 0 Å². The number of aliphatic hydroxyl groups is 1. The predicted molar refractivity (Wildman–Crippen MR) is 108 cm³/mol. The Bertz CT molecular complexity index is 948. The van der Waals surface area contributed by atoms with Crippen LogP contribution in [0.15, 0.2) is 71.2 Å². The second kappa shape index (κ2) is 7.80. The quantitative estimate of drug-likeness (QED) is 0.486. The van der Waals surface area contributed by atoms with Crippen molar-refractivity contribution < 1.29 is 14.7 Å². The number of benzene rings is 2. The summed E-state index contributed by atoms with van der Waals surface area (Å²) in [6, 6.07) is 17.4. The molecule has 1 aliphatic heterocycles. The normalized spacial score (nSPS) is 22.4. The number of nitrogens with one attached hydrogen (secondary N) is 1. The average molecular weight is 374 g/mol. The van der Waals surface area contributed by atoms with Crippen molar-refractivity contribution in [2.24, 2.45) is 4.99 Å². The van der Waals surface area contributed by atoms with Gasteiger partial charge in [0.1, 0.15) is 11.5 Å². The molecule has 0 aromatic heterocycles. The fourth-order valence-corrected chi connectivity index (χ4v) is 3.87. The fourth-order valence-electron chi connectivity index (χ4n) is 3.87. The van der Waals surface area contributed by atoms with Gasteiger partial charge in [-0.05, 0) is 12.8 Å². The highest BCUT2D eigenvalue weighted by molar-refractivity contribution is 6.54. The second-order valence-corrected chi connectivity index (χ2v) is 7.19. The van der Waals surface area contributed by atoms with Gasteiger partial charge in [-0.1, -0.05) is 73.5 Å². The Labute approximate surface area is 163 Å². The lowest BCUT2D eigenvalue weighted by molar-refractivity contribution is -0.116. The van der Waals surface area contributed by atoms with E-state index in [1.54, 1.807) is 48.5 Å². The van der Waals surface area contributed by atoms with E-state index in [0.29, 0.717) is 11.1 Å². The fraction of sp³-hybridized carbons (Fsp3) is 0.261. The summed E-state index contributed by atoms with van der Waals surface area (Å²) in [5, 5.41) is 14.0. The minimum Gasteiger partial charge on any atom is -0.506 e. The zero-order chi connectivity index (χ0) is 19.5. The molecule has 2 aliphatic rings. The second-order valence-electron chi connectivity index (χ2n) is 7.19. The van der Waals surface area contributed by atoms with Gasteiger partial charge < -0.3 is 10.4 Å². The van der Waals surface area contributed by atoms with Gasteiger partial charge in [-0.3, -0.25) is 14.6 Å². The first-order valence-corrected chi connectivity index (χ1v) is 9.62. The summed E-state index contributed by atoms with van der Waals surface area (Å²) in [4.78, 5) is 30.8. The van der Waals surface area contributed by atoms with Gasteiger partial charge in [0.15, 0.2) is 5.78 Å². The zero-order valence-electron chi connectivity index (χ0n) is 15.5. The van der Waals surface area contributed by atoms with Crippen molar-refractivity contribution in [3.8, 4) is 0 Å². The number of aliphatic imine (C=N–C) groups is 1. The number of nitrogens with zero attached hydrogens (tertiary/aromatic N) is 1. The molecule has 5 heteroatoms. The first kappa shape index (κ1) is 18.2. The number of fused-ring (bicyclic) bond motifs is 1. The summed E-state index contributed by atoms with van der Waals surface area (Å²) in [5.74, 6) is -1.03. The third kappa shape index (κ3) is 3.48. The van der Waals surface area contributed by atoms with E-state index in [9.17, 15) is 14.7 Å². The standard InChI is InChI=1S/C23H22N2O3/c26-21(15-9-3-1-4-10-15)19(22(27)16-11-5-2-6-12-16)20-23(28)25-18-14-8-7-13-17(18)24-20/h1-6,9-12,17-18,26H,7-8,13-14H2,(H,25,28)/b21-19-. The van der Waals surface area contributed by atoms with E-state index in [1.807, 2.05) is 12.1 Å². The van der Waals surface area contributed by atoms with Gasteiger partial charge >= 0.3 is 0 Å². The highest BCUT2D eigenvalue weighted by Crippen LogP contribution is 2.28. The Morgan fingerprint density at radius 1 is 0.929 bits per heavy atom. The molecule has 0 radical (unpaired) electrons. The monoisotopic (exact) mass is 374 g/mol. The van der Waals surface area contributed by atoms with Crippen LogP contribution in [0.25, 0.3) is 5.76 Å². The number of hydrogen-bond acceptors (Lipinski definition) is 4. The highest BCUT2D eigenvalue weighted by Gasteiger charge is 2.37. The zero-order valence-corrected chi connectivity index (χ0v) is 15.5. The van der Waals surface area contributed by atoms with Crippen LogP contribution in [0.3, 0.4) is 0 Å². The molecule has 2 unspecified atom stereocenters. The summed E-state index contributed by atoms with van der Waals surface area (Å²) < 4.78 is 0. The molecule has 1 saturated carbocycles. The van der Waals surface area contributed by atoms with Crippen molar-refractivity contribution in [1.29, 1.82) is 0 Å². The average Bonchev–Trinajstić information content (AvgIpc) is 2.75. The maximum Gasteiger partial charge on any atom is 0.270 e. The predicted octanol–water partition coefficient (Wildman–Crippen LogP) is 3.72. The lowest BCUT2D eigenvalue weighted by Gasteiger charge is -2.34. The highest BCUT2D eigenvalue weighted by atomic mass is 16.3. The molecule has 142 valence electrons. The molecule has 28 heavy (non-hydrogen) atoms. The van der Waals surface area contributed by atoms with E-state index in [4.69, 9.17) is 0 Å². The molecule has 0 saturated heterocycles. The van der Waals surface area contributed by atoms with Crippen LogP contribution in [0, 0.1) is 0 Å². The smallest absolute Gasteiger partial charge is 0.270 e. The Balaban J connectivity index is 1.85. The van der Waals surface area contributed by atoms with Gasteiger partial charge in [-0.25, -0.2) is 0 Å². The summed E-state index contributed by atoms with van der Waals surface area (Å²) in [5.41, 5.74) is 0.863. The Hall–Kier alpha value is -3.21. The van der Waals surface area contributed by atoms with Crippen molar-refractivity contribution >= 4 is 23.2 Å². The molecule has 0 spiro atoms. The largest absolute Gasteiger partial charge is 0.506 e. The minimum absolute atomic E-state index is 0.0111. The van der Waals surface area contributed by atoms with Crippen LogP contribution in [-0.4, -0.2) is 34.6 Å². The van der Waals surface area contributed by atoms with Crippen LogP contribution < -0.4 is 5.32 Å². The molecule has 1 heterocycles. The van der Waals surface area contributed by atoms with Gasteiger partial charge in [0.05, 0.1) is 17.7 Å². The summed E-state index contributed by atoms with van der Waals surface area (Å²) in [6.45, 7) is 0. The van der Waals surface area contributed by atoms with Crippen molar-refractivity contribution in [3.63, 3.8) is 0 Å². The number of Topliss-reactive ketones (excluding diaryl/α,β-unsaturated/α-hetero) is 1. The molecular weight excluding hydrogens is 352 g/mol. The van der Waals surface area contributed by atoms with Gasteiger partial charge in [-0.15, -0.1) is 0 Å². The summed E-state index contributed by atoms with van der Waals surface area (Å²) in [7, 11) is 0. The van der Waals surface area contributed by atoms with E-state index >= 15 is 0 Å². The number of hydrogen-bond donors (Lipinski definition) is 2. The van der Waals surface area contributed by atoms with E-state index in [2.05, 4.69) is 10.3 Å². The molecule has 1 amide bonds. The van der Waals surface area contributed by atoms with Crippen molar-refractivity contribution in [2.45, 2.75) is 37.8 Å². The first-order chi connectivity index (χ1) is 13.6. The van der Waals surface area contributed by atoms with Crippen LogP contribution >= 0.6 is 0 Å². The van der Waals surface area contributed by atoms with Crippen LogP contribution in [0.1, 0.15) is 41.6 Å². The van der Waals surface area contributed by atoms with Crippen LogP contribution in [-0.2, 0) is 4.79 Å². The molecule has 2 N–H and O–H groups in total.